The summed E-state index contributed by atoms with van der Waals surface area (Å²) in [7, 11) is 1.70. The Labute approximate surface area is 124 Å². The second kappa shape index (κ2) is 8.98. The number of nitrogens with zero attached hydrogens (tertiary/aromatic N) is 1. The Morgan fingerprint density at radius 2 is 2.05 bits per heavy atom. The van der Waals surface area contributed by atoms with Crippen LogP contribution in [0, 0.1) is 11.3 Å². The van der Waals surface area contributed by atoms with E-state index in [0.29, 0.717) is 18.6 Å². The van der Waals surface area contributed by atoms with Crippen LogP contribution in [-0.4, -0.2) is 62.6 Å². The Morgan fingerprint density at radius 3 is 2.70 bits per heavy atom. The summed E-state index contributed by atoms with van der Waals surface area (Å²) in [6.45, 7) is 12.2. The van der Waals surface area contributed by atoms with E-state index in [0.717, 1.165) is 32.1 Å². The number of likely N-dealkylation sites (tertiary alicyclic amines) is 1. The Kier molecular flexibility index (Phi) is 8.03. The summed E-state index contributed by atoms with van der Waals surface area (Å²) in [4.78, 5) is 2.43. The van der Waals surface area contributed by atoms with E-state index in [2.05, 4.69) is 31.0 Å². The predicted molar refractivity (Wildman–Crippen MR) is 84.0 cm³/mol. The van der Waals surface area contributed by atoms with E-state index in [1.54, 1.807) is 7.11 Å². The third-order valence-electron chi connectivity index (χ3n) is 4.38. The molecular formula is C16H34N2O2. The van der Waals surface area contributed by atoms with Gasteiger partial charge in [-0.05, 0) is 43.7 Å². The van der Waals surface area contributed by atoms with Gasteiger partial charge in [0.2, 0.25) is 0 Å². The molecule has 0 aromatic carbocycles. The Bertz CT molecular complexity index is 253. The van der Waals surface area contributed by atoms with Gasteiger partial charge in [-0.2, -0.15) is 0 Å². The second-order valence-corrected chi connectivity index (χ2v) is 7.15. The molecule has 1 fully saturated rings. The highest BCUT2D eigenvalue weighted by Gasteiger charge is 2.27. The van der Waals surface area contributed by atoms with Crippen LogP contribution in [0.4, 0.5) is 0 Å². The van der Waals surface area contributed by atoms with Crippen molar-refractivity contribution >= 4 is 0 Å². The normalized spacial score (nSPS) is 23.6. The van der Waals surface area contributed by atoms with E-state index < -0.39 is 0 Å². The monoisotopic (exact) mass is 286 g/mol. The molecule has 2 N–H and O–H groups in total. The molecule has 1 aliphatic heterocycles. The number of methoxy groups -OCH3 is 1. The molecule has 2 unspecified atom stereocenters. The molecule has 0 bridgehead atoms. The molecule has 4 nitrogen and oxygen atoms in total. The van der Waals surface area contributed by atoms with Gasteiger partial charge < -0.3 is 20.1 Å². The van der Waals surface area contributed by atoms with E-state index >= 15 is 0 Å². The molecule has 2 atom stereocenters. The molecular weight excluding hydrogens is 252 g/mol. The smallest absolute Gasteiger partial charge is 0.0791 e. The first kappa shape index (κ1) is 17.9. The average molecular weight is 286 g/mol. The van der Waals surface area contributed by atoms with Crippen LogP contribution >= 0.6 is 0 Å². The zero-order valence-corrected chi connectivity index (χ0v) is 13.8. The minimum absolute atomic E-state index is 0.280. The molecule has 0 spiro atoms. The fourth-order valence-electron chi connectivity index (χ4n) is 3.01. The van der Waals surface area contributed by atoms with Crippen LogP contribution in [0.1, 0.15) is 40.0 Å². The molecule has 1 rings (SSSR count). The molecule has 1 heterocycles. The van der Waals surface area contributed by atoms with E-state index in [1.807, 2.05) is 0 Å². The van der Waals surface area contributed by atoms with E-state index in [-0.39, 0.29) is 6.10 Å². The number of ether oxygens (including phenoxy) is 1. The van der Waals surface area contributed by atoms with E-state index in [1.165, 1.54) is 19.3 Å². The Balaban J connectivity index is 2.24. The zero-order chi connectivity index (χ0) is 15.0. The third kappa shape index (κ3) is 7.02. The van der Waals surface area contributed by atoms with Crippen molar-refractivity contribution in [2.45, 2.75) is 46.1 Å². The number of aliphatic hydroxyl groups is 1. The maximum absolute atomic E-state index is 10.1. The quantitative estimate of drug-likeness (QED) is 0.700. The third-order valence-corrected chi connectivity index (χ3v) is 4.38. The lowest BCUT2D eigenvalue weighted by Gasteiger charge is -2.30. The summed E-state index contributed by atoms with van der Waals surface area (Å²) in [5.74, 6) is 0.810. The van der Waals surface area contributed by atoms with Crippen molar-refractivity contribution in [2.75, 3.05) is 46.4 Å². The van der Waals surface area contributed by atoms with Gasteiger partial charge in [0.05, 0.1) is 12.7 Å². The van der Waals surface area contributed by atoms with Gasteiger partial charge in [-0.3, -0.25) is 0 Å². The highest BCUT2D eigenvalue weighted by molar-refractivity contribution is 4.79. The van der Waals surface area contributed by atoms with Gasteiger partial charge in [0.1, 0.15) is 0 Å². The number of β-amino-alcohol motifs (C(OH)–C–C–N with tert-alkyl or cyclic N) is 1. The van der Waals surface area contributed by atoms with Crippen molar-refractivity contribution in [2.24, 2.45) is 11.3 Å². The highest BCUT2D eigenvalue weighted by atomic mass is 16.5. The van der Waals surface area contributed by atoms with Crippen LogP contribution in [0.3, 0.4) is 0 Å². The van der Waals surface area contributed by atoms with Crippen molar-refractivity contribution in [1.82, 2.24) is 10.2 Å². The van der Waals surface area contributed by atoms with Gasteiger partial charge in [-0.25, -0.2) is 0 Å². The number of aliphatic hydroxyl groups excluding tert-OH is 1. The SMILES string of the molecule is COCCNCC(O)CN1CCCC(C(C)(C)C)CC1. The van der Waals surface area contributed by atoms with Crippen LogP contribution in [0.25, 0.3) is 0 Å². The van der Waals surface area contributed by atoms with Crippen LogP contribution in [0.15, 0.2) is 0 Å². The summed E-state index contributed by atoms with van der Waals surface area (Å²) in [6, 6.07) is 0. The summed E-state index contributed by atoms with van der Waals surface area (Å²) in [5.41, 5.74) is 0.413. The first-order valence-electron chi connectivity index (χ1n) is 8.03. The minimum Gasteiger partial charge on any atom is -0.390 e. The summed E-state index contributed by atoms with van der Waals surface area (Å²) in [5, 5.41) is 13.3. The minimum atomic E-state index is -0.280. The van der Waals surface area contributed by atoms with Crippen LogP contribution in [0.5, 0.6) is 0 Å². The van der Waals surface area contributed by atoms with Gasteiger partial charge in [-0.15, -0.1) is 0 Å². The van der Waals surface area contributed by atoms with Crippen LogP contribution in [-0.2, 0) is 4.74 Å². The van der Waals surface area contributed by atoms with Crippen molar-refractivity contribution in [3.63, 3.8) is 0 Å². The molecule has 0 aromatic rings. The molecule has 1 saturated heterocycles. The number of rotatable bonds is 7. The van der Waals surface area contributed by atoms with E-state index in [9.17, 15) is 5.11 Å². The fourth-order valence-corrected chi connectivity index (χ4v) is 3.01. The lowest BCUT2D eigenvalue weighted by Crippen LogP contribution is -2.39. The Morgan fingerprint density at radius 1 is 1.30 bits per heavy atom. The first-order chi connectivity index (χ1) is 9.43. The summed E-state index contributed by atoms with van der Waals surface area (Å²) < 4.78 is 4.98. The fraction of sp³-hybridized carbons (Fsp3) is 1.00. The predicted octanol–water partition coefficient (Wildman–Crippen LogP) is 1.73. The highest BCUT2D eigenvalue weighted by Crippen LogP contribution is 2.34. The zero-order valence-electron chi connectivity index (χ0n) is 13.8. The maximum Gasteiger partial charge on any atom is 0.0791 e. The van der Waals surface area contributed by atoms with Crippen LogP contribution in [0.2, 0.25) is 0 Å². The molecule has 120 valence electrons. The van der Waals surface area contributed by atoms with Crippen molar-refractivity contribution < 1.29 is 9.84 Å². The van der Waals surface area contributed by atoms with Crippen LogP contribution < -0.4 is 5.32 Å². The number of hydrogen-bond acceptors (Lipinski definition) is 4. The molecule has 0 radical (unpaired) electrons. The van der Waals surface area contributed by atoms with Gasteiger partial charge in [-0.1, -0.05) is 20.8 Å². The maximum atomic E-state index is 10.1. The van der Waals surface area contributed by atoms with Gasteiger partial charge in [0.15, 0.2) is 0 Å². The summed E-state index contributed by atoms with van der Waals surface area (Å²) in [6.07, 6.45) is 3.56. The van der Waals surface area contributed by atoms with Crippen molar-refractivity contribution in [1.29, 1.82) is 0 Å². The van der Waals surface area contributed by atoms with Crippen molar-refractivity contribution in [3.8, 4) is 0 Å². The van der Waals surface area contributed by atoms with Gasteiger partial charge in [0.25, 0.3) is 0 Å². The average Bonchev–Trinajstić information content (AvgIpc) is 2.60. The Hall–Kier alpha value is -0.160. The van der Waals surface area contributed by atoms with Gasteiger partial charge >= 0.3 is 0 Å². The summed E-state index contributed by atoms with van der Waals surface area (Å²) >= 11 is 0. The standard InChI is InChI=1S/C16H34N2O2/c1-16(2,3)14-6-5-9-18(10-7-14)13-15(19)12-17-8-11-20-4/h14-15,17,19H,5-13H2,1-4H3. The number of nitrogens with one attached hydrogen (secondary N) is 1. The second-order valence-electron chi connectivity index (χ2n) is 7.15. The molecule has 4 heteroatoms. The van der Waals surface area contributed by atoms with Gasteiger partial charge in [0, 0.05) is 26.7 Å². The molecule has 0 amide bonds. The first-order valence-corrected chi connectivity index (χ1v) is 8.03. The number of hydrogen-bond donors (Lipinski definition) is 2. The van der Waals surface area contributed by atoms with Crippen molar-refractivity contribution in [3.05, 3.63) is 0 Å². The molecule has 0 saturated carbocycles. The molecule has 0 aliphatic carbocycles. The molecule has 1 aliphatic rings. The topological polar surface area (TPSA) is 44.7 Å². The van der Waals surface area contributed by atoms with E-state index in [4.69, 9.17) is 4.74 Å². The lowest BCUT2D eigenvalue weighted by atomic mass is 9.77. The lowest BCUT2D eigenvalue weighted by molar-refractivity contribution is 0.108. The molecule has 0 aromatic heterocycles. The molecule has 20 heavy (non-hydrogen) atoms. The largest absolute Gasteiger partial charge is 0.390 e.